The highest BCUT2D eigenvalue weighted by atomic mass is 14.6. The van der Waals surface area contributed by atoms with E-state index in [9.17, 15) is 0 Å². The molecule has 164 valence electrons. The molecule has 5 aromatic carbocycles. The molecule has 0 heterocycles. The van der Waals surface area contributed by atoms with Gasteiger partial charge in [-0.15, -0.1) is 0 Å². The largest absolute Gasteiger partial charge is 0.398 e. The van der Waals surface area contributed by atoms with Crippen LogP contribution in [0.5, 0.6) is 0 Å². The molecule has 0 fully saturated rings. The van der Waals surface area contributed by atoms with Gasteiger partial charge in [-0.25, -0.2) is 0 Å². The summed E-state index contributed by atoms with van der Waals surface area (Å²) >= 11 is 0. The van der Waals surface area contributed by atoms with E-state index in [1.165, 1.54) is 55.6 Å². The molecule has 1 nitrogen and oxygen atoms in total. The Hall–Kier alpha value is -4.10. The highest BCUT2D eigenvalue weighted by Crippen LogP contribution is 2.44. The molecule has 0 bridgehead atoms. The van der Waals surface area contributed by atoms with Gasteiger partial charge in [0.2, 0.25) is 0 Å². The van der Waals surface area contributed by atoms with E-state index in [0.717, 1.165) is 24.1 Å². The maximum absolute atomic E-state index is 6.82. The van der Waals surface area contributed by atoms with Crippen molar-refractivity contribution in [2.75, 3.05) is 5.73 Å². The van der Waals surface area contributed by atoms with E-state index in [1.807, 2.05) is 0 Å². The average molecular weight is 438 g/mol. The van der Waals surface area contributed by atoms with Crippen LogP contribution < -0.4 is 5.73 Å². The van der Waals surface area contributed by atoms with Crippen LogP contribution in [0.15, 0.2) is 109 Å². The third kappa shape index (κ3) is 3.41. The molecule has 0 radical (unpaired) electrons. The van der Waals surface area contributed by atoms with Crippen LogP contribution in [0.2, 0.25) is 0 Å². The van der Waals surface area contributed by atoms with Crippen LogP contribution in [0.4, 0.5) is 5.69 Å². The minimum atomic E-state index is 0.890. The molecule has 0 unspecified atom stereocenters. The maximum Gasteiger partial charge on any atom is 0.0436 e. The van der Waals surface area contributed by atoms with Gasteiger partial charge in [-0.05, 0) is 69.0 Å². The summed E-state index contributed by atoms with van der Waals surface area (Å²) in [6.45, 7) is 2.23. The van der Waals surface area contributed by atoms with Crippen LogP contribution in [0, 0.1) is 6.92 Å². The molecule has 0 aromatic heterocycles. The molecule has 2 N–H and O–H groups in total. The summed E-state index contributed by atoms with van der Waals surface area (Å²) in [6.07, 6.45) is 1.80. The lowest BCUT2D eigenvalue weighted by atomic mass is 9.88. The van der Waals surface area contributed by atoms with Crippen molar-refractivity contribution < 1.29 is 0 Å². The SMILES string of the molecule is Cc1c(Cc2ccccc2-c2ccccc2)cccc1-c1ccc2c(c1N)Cc1ccccc1-2. The van der Waals surface area contributed by atoms with Crippen molar-refractivity contribution in [3.63, 3.8) is 0 Å². The Morgan fingerprint density at radius 1 is 0.559 bits per heavy atom. The molecule has 1 aliphatic rings. The molecule has 5 aromatic rings. The van der Waals surface area contributed by atoms with Crippen LogP contribution in [0.1, 0.15) is 27.8 Å². The van der Waals surface area contributed by atoms with Gasteiger partial charge in [-0.1, -0.05) is 109 Å². The van der Waals surface area contributed by atoms with Crippen molar-refractivity contribution in [1.29, 1.82) is 0 Å². The summed E-state index contributed by atoms with van der Waals surface area (Å²) < 4.78 is 0. The van der Waals surface area contributed by atoms with Crippen molar-refractivity contribution in [2.45, 2.75) is 19.8 Å². The van der Waals surface area contributed by atoms with Crippen molar-refractivity contribution in [3.8, 4) is 33.4 Å². The fourth-order valence-electron chi connectivity index (χ4n) is 5.42. The second-order valence-corrected chi connectivity index (χ2v) is 9.18. The predicted molar refractivity (Wildman–Crippen MR) is 144 cm³/mol. The number of nitrogen functional groups attached to an aromatic ring is 1. The number of hydrogen-bond acceptors (Lipinski definition) is 1. The minimum Gasteiger partial charge on any atom is -0.398 e. The van der Waals surface area contributed by atoms with Gasteiger partial charge in [0.05, 0.1) is 0 Å². The van der Waals surface area contributed by atoms with E-state index >= 15 is 0 Å². The Balaban J connectivity index is 1.40. The van der Waals surface area contributed by atoms with E-state index in [0.29, 0.717) is 0 Å². The number of benzene rings is 5. The van der Waals surface area contributed by atoms with Gasteiger partial charge >= 0.3 is 0 Å². The zero-order valence-corrected chi connectivity index (χ0v) is 19.4. The molecule has 1 heteroatoms. The third-order valence-electron chi connectivity index (χ3n) is 7.25. The lowest BCUT2D eigenvalue weighted by molar-refractivity contribution is 1.16. The zero-order chi connectivity index (χ0) is 23.1. The standard InChI is InChI=1S/C33H27N/c1-22-24(20-25-12-5-7-15-28(25)23-10-3-2-4-11-23)14-9-17-27(22)31-19-18-30-29-16-8-6-13-26(29)21-32(30)33(31)34/h2-19H,20-21,34H2,1H3. The Kier molecular flexibility index (Phi) is 5.04. The first-order chi connectivity index (χ1) is 16.7. The molecule has 0 spiro atoms. The first kappa shape index (κ1) is 20.5. The van der Waals surface area contributed by atoms with Gasteiger partial charge in [-0.3, -0.25) is 0 Å². The summed E-state index contributed by atoms with van der Waals surface area (Å²) in [4.78, 5) is 0. The number of rotatable bonds is 4. The maximum atomic E-state index is 6.82. The van der Waals surface area contributed by atoms with Gasteiger partial charge in [0.15, 0.2) is 0 Å². The topological polar surface area (TPSA) is 26.0 Å². The smallest absolute Gasteiger partial charge is 0.0436 e. The van der Waals surface area contributed by atoms with Crippen molar-refractivity contribution >= 4 is 5.69 Å². The van der Waals surface area contributed by atoms with Gasteiger partial charge < -0.3 is 5.73 Å². The molecule has 34 heavy (non-hydrogen) atoms. The summed E-state index contributed by atoms with van der Waals surface area (Å²) in [5.41, 5.74) is 21.9. The molecule has 1 aliphatic carbocycles. The molecule has 6 rings (SSSR count). The second kappa shape index (κ2) is 8.35. The molecular formula is C33H27N. The van der Waals surface area contributed by atoms with Crippen LogP contribution in [-0.4, -0.2) is 0 Å². The predicted octanol–water partition coefficient (Wildman–Crippen LogP) is 8.07. The van der Waals surface area contributed by atoms with E-state index in [-0.39, 0.29) is 0 Å². The highest BCUT2D eigenvalue weighted by Gasteiger charge is 2.22. The van der Waals surface area contributed by atoms with Crippen molar-refractivity contribution in [1.82, 2.24) is 0 Å². The van der Waals surface area contributed by atoms with E-state index in [4.69, 9.17) is 5.73 Å². The Bertz CT molecular complexity index is 1510. The summed E-state index contributed by atoms with van der Waals surface area (Å²) in [7, 11) is 0. The van der Waals surface area contributed by atoms with E-state index < -0.39 is 0 Å². The molecule has 0 amide bonds. The van der Waals surface area contributed by atoms with E-state index in [1.54, 1.807) is 0 Å². The van der Waals surface area contributed by atoms with Crippen LogP contribution >= 0.6 is 0 Å². The third-order valence-corrected chi connectivity index (χ3v) is 7.25. The molecule has 0 atom stereocenters. The summed E-state index contributed by atoms with van der Waals surface area (Å²) in [5, 5.41) is 0. The fourth-order valence-corrected chi connectivity index (χ4v) is 5.42. The minimum absolute atomic E-state index is 0.890. The van der Waals surface area contributed by atoms with Gasteiger partial charge in [0.25, 0.3) is 0 Å². The molecule has 0 aliphatic heterocycles. The van der Waals surface area contributed by atoms with Gasteiger partial charge in [0, 0.05) is 17.7 Å². The fraction of sp³-hybridized carbons (Fsp3) is 0.0909. The molecule has 0 saturated heterocycles. The second-order valence-electron chi connectivity index (χ2n) is 9.18. The van der Waals surface area contributed by atoms with E-state index in [2.05, 4.69) is 116 Å². The summed E-state index contributed by atoms with van der Waals surface area (Å²) in [5.74, 6) is 0. The monoisotopic (exact) mass is 437 g/mol. The van der Waals surface area contributed by atoms with Crippen molar-refractivity contribution in [2.24, 2.45) is 0 Å². The zero-order valence-electron chi connectivity index (χ0n) is 19.4. The molecular weight excluding hydrogens is 410 g/mol. The van der Waals surface area contributed by atoms with Crippen LogP contribution in [0.3, 0.4) is 0 Å². The number of anilines is 1. The highest BCUT2D eigenvalue weighted by molar-refractivity contribution is 5.90. The Labute approximate surface area is 201 Å². The average Bonchev–Trinajstić information content (AvgIpc) is 3.26. The number of fused-ring (bicyclic) bond motifs is 3. The summed E-state index contributed by atoms with van der Waals surface area (Å²) in [6, 6.07) is 39.1. The Morgan fingerprint density at radius 2 is 1.21 bits per heavy atom. The quantitative estimate of drug-likeness (QED) is 0.277. The first-order valence-corrected chi connectivity index (χ1v) is 11.9. The van der Waals surface area contributed by atoms with Gasteiger partial charge in [-0.2, -0.15) is 0 Å². The van der Waals surface area contributed by atoms with Crippen LogP contribution in [-0.2, 0) is 12.8 Å². The van der Waals surface area contributed by atoms with Gasteiger partial charge in [0.1, 0.15) is 0 Å². The number of hydrogen-bond donors (Lipinski definition) is 1. The molecule has 0 saturated carbocycles. The lowest BCUT2D eigenvalue weighted by Crippen LogP contribution is -2.00. The Morgan fingerprint density at radius 3 is 2.06 bits per heavy atom. The van der Waals surface area contributed by atoms with Crippen molar-refractivity contribution in [3.05, 3.63) is 137 Å². The van der Waals surface area contributed by atoms with Crippen LogP contribution in [0.25, 0.3) is 33.4 Å². The number of nitrogens with two attached hydrogens (primary N) is 1. The first-order valence-electron chi connectivity index (χ1n) is 11.9. The lowest BCUT2D eigenvalue weighted by Gasteiger charge is -2.17. The normalized spacial score (nSPS) is 11.8.